The third-order valence-electron chi connectivity index (χ3n) is 2.95. The second-order valence-electron chi connectivity index (χ2n) is 4.58. The van der Waals surface area contributed by atoms with E-state index in [1.165, 1.54) is 0 Å². The van der Waals surface area contributed by atoms with Crippen molar-refractivity contribution in [1.82, 2.24) is 0 Å². The Bertz CT molecular complexity index is 627. The van der Waals surface area contributed by atoms with Crippen molar-refractivity contribution in [3.05, 3.63) is 52.5 Å². The van der Waals surface area contributed by atoms with E-state index >= 15 is 0 Å². The predicted molar refractivity (Wildman–Crippen MR) is 89.0 cm³/mol. The Balaban J connectivity index is 1.87. The molecule has 110 valence electrons. The number of aryl methyl sites for hydroxylation is 1. The molecule has 0 aliphatic rings. The van der Waals surface area contributed by atoms with Crippen LogP contribution in [-0.2, 0) is 4.79 Å². The second-order valence-corrected chi connectivity index (χ2v) is 5.43. The van der Waals surface area contributed by atoms with Crippen molar-refractivity contribution in [3.63, 3.8) is 0 Å². The van der Waals surface area contributed by atoms with Crippen LogP contribution in [0.4, 0.5) is 11.4 Å². The van der Waals surface area contributed by atoms with Gasteiger partial charge in [0, 0.05) is 22.9 Å². The standard InChI is InChI=1S/C16H17BrN2O2/c1-11-9-13(5-8-15(11)17)19-16(20)10-21-14-6-3-12(18-2)4-7-14/h3-9,18H,10H2,1-2H3,(H,19,20). The zero-order valence-corrected chi connectivity index (χ0v) is 13.5. The number of carbonyl (C=O) groups excluding carboxylic acids is 1. The van der Waals surface area contributed by atoms with Crippen LogP contribution >= 0.6 is 15.9 Å². The molecule has 2 rings (SSSR count). The van der Waals surface area contributed by atoms with Gasteiger partial charge in [-0.05, 0) is 55.0 Å². The summed E-state index contributed by atoms with van der Waals surface area (Å²) in [7, 11) is 1.85. The van der Waals surface area contributed by atoms with E-state index in [0.29, 0.717) is 5.75 Å². The van der Waals surface area contributed by atoms with Crippen molar-refractivity contribution in [2.45, 2.75) is 6.92 Å². The molecule has 0 atom stereocenters. The highest BCUT2D eigenvalue weighted by Gasteiger charge is 2.05. The third kappa shape index (κ3) is 4.49. The SMILES string of the molecule is CNc1ccc(OCC(=O)Nc2ccc(Br)c(C)c2)cc1. The number of anilines is 2. The molecule has 4 nitrogen and oxygen atoms in total. The highest BCUT2D eigenvalue weighted by molar-refractivity contribution is 9.10. The summed E-state index contributed by atoms with van der Waals surface area (Å²) in [6, 6.07) is 13.1. The number of halogens is 1. The number of rotatable bonds is 5. The van der Waals surface area contributed by atoms with E-state index in [2.05, 4.69) is 26.6 Å². The zero-order chi connectivity index (χ0) is 15.2. The normalized spacial score (nSPS) is 10.0. The summed E-state index contributed by atoms with van der Waals surface area (Å²) in [5.74, 6) is 0.477. The Morgan fingerprint density at radius 2 is 1.81 bits per heavy atom. The van der Waals surface area contributed by atoms with Gasteiger partial charge in [-0.25, -0.2) is 0 Å². The van der Waals surface area contributed by atoms with Crippen LogP contribution in [0.25, 0.3) is 0 Å². The van der Waals surface area contributed by atoms with E-state index in [1.54, 1.807) is 0 Å². The van der Waals surface area contributed by atoms with E-state index in [-0.39, 0.29) is 12.5 Å². The van der Waals surface area contributed by atoms with Gasteiger partial charge < -0.3 is 15.4 Å². The molecule has 1 amide bonds. The molecule has 2 N–H and O–H groups in total. The molecule has 0 saturated carbocycles. The Morgan fingerprint density at radius 3 is 2.43 bits per heavy atom. The van der Waals surface area contributed by atoms with Crippen LogP contribution in [0.5, 0.6) is 5.75 Å². The first-order valence-corrected chi connectivity index (χ1v) is 7.34. The maximum Gasteiger partial charge on any atom is 0.262 e. The van der Waals surface area contributed by atoms with E-state index < -0.39 is 0 Å². The van der Waals surface area contributed by atoms with Crippen molar-refractivity contribution in [2.24, 2.45) is 0 Å². The molecule has 0 aliphatic carbocycles. The highest BCUT2D eigenvalue weighted by Crippen LogP contribution is 2.20. The van der Waals surface area contributed by atoms with Crippen LogP contribution in [0.2, 0.25) is 0 Å². The molecule has 0 aromatic heterocycles. The third-order valence-corrected chi connectivity index (χ3v) is 3.84. The van der Waals surface area contributed by atoms with Crippen molar-refractivity contribution in [2.75, 3.05) is 24.3 Å². The number of ether oxygens (including phenoxy) is 1. The molecule has 2 aromatic rings. The molecular formula is C16H17BrN2O2. The van der Waals surface area contributed by atoms with E-state index in [9.17, 15) is 4.79 Å². The number of carbonyl (C=O) groups is 1. The van der Waals surface area contributed by atoms with Crippen LogP contribution in [0.3, 0.4) is 0 Å². The molecule has 0 saturated heterocycles. The smallest absolute Gasteiger partial charge is 0.262 e. The molecule has 21 heavy (non-hydrogen) atoms. The molecule has 0 radical (unpaired) electrons. The van der Waals surface area contributed by atoms with Crippen LogP contribution in [0, 0.1) is 6.92 Å². The lowest BCUT2D eigenvalue weighted by atomic mass is 10.2. The van der Waals surface area contributed by atoms with Gasteiger partial charge in [-0.2, -0.15) is 0 Å². The monoisotopic (exact) mass is 348 g/mol. The highest BCUT2D eigenvalue weighted by atomic mass is 79.9. The summed E-state index contributed by atoms with van der Waals surface area (Å²) >= 11 is 3.43. The first-order chi connectivity index (χ1) is 10.1. The van der Waals surface area contributed by atoms with E-state index in [4.69, 9.17) is 4.74 Å². The largest absolute Gasteiger partial charge is 0.484 e. The minimum absolute atomic E-state index is 0.0198. The Kier molecular flexibility index (Phi) is 5.22. The molecule has 0 aliphatic heterocycles. The fourth-order valence-corrected chi connectivity index (χ4v) is 2.03. The quantitative estimate of drug-likeness (QED) is 0.863. The van der Waals surface area contributed by atoms with Crippen LogP contribution < -0.4 is 15.4 Å². The summed E-state index contributed by atoms with van der Waals surface area (Å²) in [5, 5.41) is 5.83. The number of hydrogen-bond acceptors (Lipinski definition) is 3. The topological polar surface area (TPSA) is 50.4 Å². The molecule has 2 aromatic carbocycles. The molecular weight excluding hydrogens is 332 g/mol. The maximum atomic E-state index is 11.8. The van der Waals surface area contributed by atoms with Crippen molar-refractivity contribution in [1.29, 1.82) is 0 Å². The number of amides is 1. The van der Waals surface area contributed by atoms with Crippen molar-refractivity contribution >= 4 is 33.2 Å². The molecule has 5 heteroatoms. The average Bonchev–Trinajstić information content (AvgIpc) is 2.49. The second kappa shape index (κ2) is 7.13. The van der Waals surface area contributed by atoms with Crippen LogP contribution in [0.1, 0.15) is 5.56 Å². The zero-order valence-electron chi connectivity index (χ0n) is 11.9. The number of benzene rings is 2. The van der Waals surface area contributed by atoms with Gasteiger partial charge in [0.25, 0.3) is 5.91 Å². The lowest BCUT2D eigenvalue weighted by Crippen LogP contribution is -2.20. The van der Waals surface area contributed by atoms with Gasteiger partial charge in [-0.1, -0.05) is 15.9 Å². The summed E-state index contributed by atoms with van der Waals surface area (Å²) in [4.78, 5) is 11.8. The van der Waals surface area contributed by atoms with E-state index in [0.717, 1.165) is 21.4 Å². The lowest BCUT2D eigenvalue weighted by molar-refractivity contribution is -0.118. The fraction of sp³-hybridized carbons (Fsp3) is 0.188. The van der Waals surface area contributed by atoms with Gasteiger partial charge >= 0.3 is 0 Å². The van der Waals surface area contributed by atoms with Gasteiger partial charge in [0.2, 0.25) is 0 Å². The Hall–Kier alpha value is -2.01. The first kappa shape index (κ1) is 15.4. The molecule has 0 bridgehead atoms. The minimum Gasteiger partial charge on any atom is -0.484 e. The maximum absolute atomic E-state index is 11.8. The summed E-state index contributed by atoms with van der Waals surface area (Å²) in [6.07, 6.45) is 0. The summed E-state index contributed by atoms with van der Waals surface area (Å²) in [6.45, 7) is 1.95. The molecule has 0 spiro atoms. The Labute approximate surface area is 132 Å². The molecule has 0 fully saturated rings. The lowest BCUT2D eigenvalue weighted by Gasteiger charge is -2.09. The van der Waals surface area contributed by atoms with Gasteiger partial charge in [0.1, 0.15) is 5.75 Å². The van der Waals surface area contributed by atoms with Gasteiger partial charge in [-0.15, -0.1) is 0 Å². The minimum atomic E-state index is -0.186. The Morgan fingerprint density at radius 1 is 1.14 bits per heavy atom. The first-order valence-electron chi connectivity index (χ1n) is 6.55. The number of nitrogens with one attached hydrogen (secondary N) is 2. The van der Waals surface area contributed by atoms with E-state index in [1.807, 2.05) is 56.4 Å². The van der Waals surface area contributed by atoms with Gasteiger partial charge in [-0.3, -0.25) is 4.79 Å². The number of hydrogen-bond donors (Lipinski definition) is 2. The van der Waals surface area contributed by atoms with Gasteiger partial charge in [0.05, 0.1) is 0 Å². The summed E-state index contributed by atoms with van der Waals surface area (Å²) in [5.41, 5.74) is 2.82. The van der Waals surface area contributed by atoms with Crippen molar-refractivity contribution < 1.29 is 9.53 Å². The van der Waals surface area contributed by atoms with Crippen LogP contribution in [-0.4, -0.2) is 19.6 Å². The van der Waals surface area contributed by atoms with Crippen molar-refractivity contribution in [3.8, 4) is 5.75 Å². The fourth-order valence-electron chi connectivity index (χ4n) is 1.79. The molecule has 0 unspecified atom stereocenters. The predicted octanol–water partition coefficient (Wildman–Crippen LogP) is 3.82. The van der Waals surface area contributed by atoms with Gasteiger partial charge in [0.15, 0.2) is 6.61 Å². The molecule has 0 heterocycles. The summed E-state index contributed by atoms with van der Waals surface area (Å²) < 4.78 is 6.46. The average molecular weight is 349 g/mol. The van der Waals surface area contributed by atoms with Crippen LogP contribution in [0.15, 0.2) is 46.9 Å².